The average Bonchev–Trinajstić information content (AvgIpc) is 2.65. The van der Waals surface area contributed by atoms with Gasteiger partial charge in [-0.15, -0.1) is 0 Å². The fourth-order valence-electron chi connectivity index (χ4n) is 4.17. The normalized spacial score (nSPS) is 12.7. The Bertz CT molecular complexity index is 642. The molecule has 32 heavy (non-hydrogen) atoms. The molecular formula is C25H48O4Si3. The lowest BCUT2D eigenvalue weighted by Crippen LogP contribution is -2.51. The van der Waals surface area contributed by atoms with Gasteiger partial charge in [0.1, 0.15) is 6.61 Å². The zero-order valence-electron chi connectivity index (χ0n) is 21.8. The quantitative estimate of drug-likeness (QED) is 0.124. The average molecular weight is 497 g/mol. The van der Waals surface area contributed by atoms with Gasteiger partial charge >= 0.3 is 14.5 Å². The summed E-state index contributed by atoms with van der Waals surface area (Å²) in [5.74, 6) is -0.0793. The van der Waals surface area contributed by atoms with Gasteiger partial charge in [0, 0.05) is 6.42 Å². The van der Waals surface area contributed by atoms with Crippen LogP contribution >= 0.6 is 0 Å². The minimum absolute atomic E-state index is 0.0793. The number of carbonyl (C=O) groups is 1. The Kier molecular flexibility index (Phi) is 13.3. The molecule has 0 bridgehead atoms. The van der Waals surface area contributed by atoms with Crippen molar-refractivity contribution in [2.75, 3.05) is 0 Å². The molecule has 4 nitrogen and oxygen atoms in total. The van der Waals surface area contributed by atoms with Gasteiger partial charge in [-0.1, -0.05) is 75.3 Å². The third kappa shape index (κ3) is 16.0. The van der Waals surface area contributed by atoms with Crippen LogP contribution in [0.2, 0.25) is 51.9 Å². The number of benzene rings is 1. The molecule has 0 heterocycles. The molecule has 0 spiro atoms. The van der Waals surface area contributed by atoms with E-state index < -0.39 is 25.2 Å². The van der Waals surface area contributed by atoms with Gasteiger partial charge in [0.25, 0.3) is 0 Å². The first-order chi connectivity index (χ1) is 14.9. The van der Waals surface area contributed by atoms with Crippen molar-refractivity contribution in [3.8, 4) is 0 Å². The number of unbranched alkanes of at least 4 members (excludes halogenated alkanes) is 7. The molecule has 0 saturated carbocycles. The fraction of sp³-hybridized carbons (Fsp3) is 0.720. The Balaban J connectivity index is 2.00. The summed E-state index contributed by atoms with van der Waals surface area (Å²) in [5.41, 5.74) is 1.05. The number of carbonyl (C=O) groups excluding carboxylic acids is 1. The molecule has 1 rings (SSSR count). The molecule has 0 radical (unpaired) electrons. The minimum atomic E-state index is -2.01. The van der Waals surface area contributed by atoms with Gasteiger partial charge in [0.05, 0.1) is 0 Å². The van der Waals surface area contributed by atoms with E-state index in [1.165, 1.54) is 44.6 Å². The number of rotatable bonds is 17. The Morgan fingerprint density at radius 3 is 1.81 bits per heavy atom. The summed E-state index contributed by atoms with van der Waals surface area (Å²) in [4.78, 5) is 11.8. The Morgan fingerprint density at radius 1 is 0.719 bits per heavy atom. The highest BCUT2D eigenvalue weighted by Gasteiger charge is 2.37. The van der Waals surface area contributed by atoms with Crippen LogP contribution in [0.15, 0.2) is 30.3 Å². The molecular weight excluding hydrogens is 449 g/mol. The Hall–Kier alpha value is -0.739. The van der Waals surface area contributed by atoms with Crippen LogP contribution in [0.5, 0.6) is 0 Å². The third-order valence-corrected chi connectivity index (χ3v) is 15.4. The maximum absolute atomic E-state index is 11.8. The zero-order chi connectivity index (χ0) is 24.1. The van der Waals surface area contributed by atoms with Gasteiger partial charge in [0.2, 0.25) is 0 Å². The lowest BCUT2D eigenvalue weighted by Gasteiger charge is -2.37. The molecule has 0 aliphatic carbocycles. The van der Waals surface area contributed by atoms with E-state index in [0.29, 0.717) is 13.0 Å². The van der Waals surface area contributed by atoms with E-state index in [1.807, 2.05) is 30.3 Å². The highest BCUT2D eigenvalue weighted by atomic mass is 28.5. The van der Waals surface area contributed by atoms with Crippen molar-refractivity contribution in [3.63, 3.8) is 0 Å². The van der Waals surface area contributed by atoms with Crippen LogP contribution < -0.4 is 0 Å². The molecule has 1 aromatic rings. The molecule has 0 aliphatic heterocycles. The van der Waals surface area contributed by atoms with Gasteiger partial charge in [0.15, 0.2) is 16.6 Å². The summed E-state index contributed by atoms with van der Waals surface area (Å²) in [6, 6.07) is 11.1. The fourth-order valence-corrected chi connectivity index (χ4v) is 17.4. The molecule has 0 N–H and O–H groups in total. The molecule has 0 amide bonds. The third-order valence-electron chi connectivity index (χ3n) is 5.23. The minimum Gasteiger partial charge on any atom is -0.461 e. The van der Waals surface area contributed by atoms with Crippen LogP contribution in [0.4, 0.5) is 0 Å². The molecule has 0 saturated heterocycles. The standard InChI is InChI=1S/C25H48O4Si3/c1-30(2,3)28-32(6,7)29-31(4,5)22-18-13-11-9-8-10-12-17-21-25(26)27-23-24-19-15-14-16-20-24/h14-16,19-20H,8-13,17-18,21-23H2,1-7H3. The Morgan fingerprint density at radius 2 is 1.25 bits per heavy atom. The molecule has 0 aromatic heterocycles. The summed E-state index contributed by atoms with van der Waals surface area (Å²) < 4.78 is 18.3. The van der Waals surface area contributed by atoms with Crippen LogP contribution in [-0.2, 0) is 24.4 Å². The molecule has 0 unspecified atom stereocenters. The second kappa shape index (κ2) is 14.5. The van der Waals surface area contributed by atoms with E-state index in [4.69, 9.17) is 13.0 Å². The van der Waals surface area contributed by atoms with Crippen LogP contribution in [0.1, 0.15) is 63.4 Å². The first-order valence-corrected chi connectivity index (χ1v) is 21.8. The maximum Gasteiger partial charge on any atom is 0.311 e. The second-order valence-electron chi connectivity index (χ2n) is 11.0. The van der Waals surface area contributed by atoms with Crippen LogP contribution in [0.25, 0.3) is 0 Å². The highest BCUT2D eigenvalue weighted by molar-refractivity contribution is 6.87. The number of ether oxygens (including phenoxy) is 1. The van der Waals surface area contributed by atoms with Crippen molar-refractivity contribution in [2.45, 2.75) is 116 Å². The van der Waals surface area contributed by atoms with Gasteiger partial charge in [-0.05, 0) is 63.9 Å². The smallest absolute Gasteiger partial charge is 0.311 e. The summed E-state index contributed by atoms with van der Waals surface area (Å²) in [6.45, 7) is 16.2. The molecule has 0 fully saturated rings. The van der Waals surface area contributed by atoms with Crippen LogP contribution in [-0.4, -0.2) is 31.2 Å². The zero-order valence-corrected chi connectivity index (χ0v) is 24.8. The summed E-state index contributed by atoms with van der Waals surface area (Å²) in [7, 11) is -5.20. The van der Waals surface area contributed by atoms with E-state index in [-0.39, 0.29) is 5.97 Å². The Labute approximate surface area is 201 Å². The lowest BCUT2D eigenvalue weighted by atomic mass is 10.1. The first kappa shape index (κ1) is 29.3. The molecule has 184 valence electrons. The predicted molar refractivity (Wildman–Crippen MR) is 143 cm³/mol. The molecule has 1 aromatic carbocycles. The van der Waals surface area contributed by atoms with Gasteiger partial charge in [-0.25, -0.2) is 0 Å². The van der Waals surface area contributed by atoms with Gasteiger partial charge < -0.3 is 13.0 Å². The largest absolute Gasteiger partial charge is 0.461 e. The van der Waals surface area contributed by atoms with Gasteiger partial charge in [-0.2, -0.15) is 0 Å². The highest BCUT2D eigenvalue weighted by Crippen LogP contribution is 2.25. The van der Waals surface area contributed by atoms with Crippen molar-refractivity contribution in [3.05, 3.63) is 35.9 Å². The summed E-state index contributed by atoms with van der Waals surface area (Å²) >= 11 is 0. The van der Waals surface area contributed by atoms with E-state index in [1.54, 1.807) is 0 Å². The van der Waals surface area contributed by atoms with Crippen LogP contribution in [0.3, 0.4) is 0 Å². The van der Waals surface area contributed by atoms with E-state index in [2.05, 4.69) is 45.8 Å². The van der Waals surface area contributed by atoms with Crippen molar-refractivity contribution < 1.29 is 17.8 Å². The second-order valence-corrected chi connectivity index (χ2v) is 23.6. The van der Waals surface area contributed by atoms with Crippen molar-refractivity contribution >= 4 is 31.2 Å². The topological polar surface area (TPSA) is 44.8 Å². The van der Waals surface area contributed by atoms with Crippen molar-refractivity contribution in [1.82, 2.24) is 0 Å². The number of esters is 1. The van der Waals surface area contributed by atoms with E-state index in [9.17, 15) is 4.79 Å². The lowest BCUT2D eigenvalue weighted by molar-refractivity contribution is -0.145. The van der Waals surface area contributed by atoms with Gasteiger partial charge in [-0.3, -0.25) is 4.79 Å². The molecule has 0 atom stereocenters. The number of hydrogen-bond acceptors (Lipinski definition) is 4. The number of hydrogen-bond donors (Lipinski definition) is 0. The van der Waals surface area contributed by atoms with E-state index in [0.717, 1.165) is 18.4 Å². The SMILES string of the molecule is C[Si](C)(C)O[Si](C)(C)O[Si](C)(C)CCCCCCCCCCC(=O)OCc1ccccc1. The predicted octanol–water partition coefficient (Wildman–Crippen LogP) is 8.02. The monoisotopic (exact) mass is 496 g/mol. The van der Waals surface area contributed by atoms with Crippen LogP contribution in [0, 0.1) is 0 Å². The summed E-state index contributed by atoms with van der Waals surface area (Å²) in [5, 5.41) is 0. The molecule has 0 aliphatic rings. The summed E-state index contributed by atoms with van der Waals surface area (Å²) in [6.07, 6.45) is 10.2. The molecule has 7 heteroatoms. The maximum atomic E-state index is 11.8. The first-order valence-electron chi connectivity index (χ1n) is 12.5. The van der Waals surface area contributed by atoms with Crippen molar-refractivity contribution in [2.24, 2.45) is 0 Å². The van der Waals surface area contributed by atoms with E-state index >= 15 is 0 Å². The van der Waals surface area contributed by atoms with Crippen molar-refractivity contribution in [1.29, 1.82) is 0 Å².